The Hall–Kier alpha value is -2.73. The molecule has 0 amide bonds. The minimum atomic E-state index is 0.111. The number of halogens is 1. The van der Waals surface area contributed by atoms with E-state index in [1.165, 1.54) is 0 Å². The number of guanidine groups is 1. The van der Waals surface area contributed by atoms with Crippen molar-refractivity contribution in [3.8, 4) is 11.5 Å². The van der Waals surface area contributed by atoms with Gasteiger partial charge in [-0.25, -0.2) is 4.99 Å². The number of rotatable bonds is 0. The van der Waals surface area contributed by atoms with Gasteiger partial charge < -0.3 is 20.3 Å². The molecule has 128 valence electrons. The summed E-state index contributed by atoms with van der Waals surface area (Å²) in [6, 6.07) is 13.3. The van der Waals surface area contributed by atoms with E-state index in [9.17, 15) is 0 Å². The molecule has 0 saturated carbocycles. The van der Waals surface area contributed by atoms with Gasteiger partial charge in [-0.05, 0) is 30.3 Å². The summed E-state index contributed by atoms with van der Waals surface area (Å²) >= 11 is 6.23. The Bertz CT molecular complexity index is 858. The largest absolute Gasteiger partial charge is 0.454 e. The lowest BCUT2D eigenvalue weighted by Crippen LogP contribution is -2.52. The van der Waals surface area contributed by atoms with Crippen LogP contribution in [0.1, 0.15) is 5.56 Å². The quantitative estimate of drug-likeness (QED) is 0.562. The van der Waals surface area contributed by atoms with Crippen molar-refractivity contribution in [1.82, 2.24) is 9.80 Å². The lowest BCUT2D eigenvalue weighted by molar-refractivity contribution is 0.256. The van der Waals surface area contributed by atoms with E-state index in [0.29, 0.717) is 18.1 Å². The molecule has 0 unspecified atom stereocenters. The summed E-state index contributed by atoms with van der Waals surface area (Å²) in [5.74, 6) is 2.41. The second-order valence-electron chi connectivity index (χ2n) is 6.01. The molecule has 2 aromatic carbocycles. The van der Waals surface area contributed by atoms with Crippen LogP contribution >= 0.6 is 11.6 Å². The highest BCUT2D eigenvalue weighted by Gasteiger charge is 2.26. The molecule has 0 bridgehead atoms. The van der Waals surface area contributed by atoms with E-state index in [2.05, 4.69) is 4.90 Å². The first kappa shape index (κ1) is 15.8. The molecule has 2 aromatic rings. The first-order valence-corrected chi connectivity index (χ1v) is 8.49. The van der Waals surface area contributed by atoms with Gasteiger partial charge in [0.25, 0.3) is 0 Å². The van der Waals surface area contributed by atoms with Crippen LogP contribution in [0.25, 0.3) is 0 Å². The summed E-state index contributed by atoms with van der Waals surface area (Å²) in [6.45, 7) is 2.83. The molecule has 1 fully saturated rings. The SMILES string of the molecule is N=C(N)N1CCN(C2=Nc3ccccc3Oc3ccc(Cl)cc32)CC1. The maximum Gasteiger partial charge on any atom is 0.188 e. The maximum absolute atomic E-state index is 7.59. The Labute approximate surface area is 151 Å². The molecule has 4 rings (SSSR count). The zero-order valence-corrected chi connectivity index (χ0v) is 14.3. The topological polar surface area (TPSA) is 77.9 Å². The molecule has 2 aliphatic heterocycles. The fourth-order valence-corrected chi connectivity index (χ4v) is 3.27. The molecular formula is C18H18ClN5O. The van der Waals surface area contributed by atoms with E-state index in [-0.39, 0.29) is 5.96 Å². The third-order valence-corrected chi connectivity index (χ3v) is 4.65. The molecule has 2 aliphatic rings. The molecule has 2 heterocycles. The van der Waals surface area contributed by atoms with Crippen molar-refractivity contribution in [2.75, 3.05) is 26.2 Å². The van der Waals surface area contributed by atoms with Crippen molar-refractivity contribution in [1.29, 1.82) is 5.41 Å². The smallest absolute Gasteiger partial charge is 0.188 e. The first-order chi connectivity index (χ1) is 12.1. The molecule has 25 heavy (non-hydrogen) atoms. The average molecular weight is 356 g/mol. The molecule has 0 atom stereocenters. The lowest BCUT2D eigenvalue weighted by atomic mass is 10.1. The highest BCUT2D eigenvalue weighted by atomic mass is 35.5. The third kappa shape index (κ3) is 3.00. The molecule has 0 aromatic heterocycles. The minimum absolute atomic E-state index is 0.111. The van der Waals surface area contributed by atoms with Gasteiger partial charge in [-0.1, -0.05) is 23.7 Å². The average Bonchev–Trinajstić information content (AvgIpc) is 2.78. The number of hydrogen-bond acceptors (Lipinski definition) is 4. The maximum atomic E-state index is 7.59. The van der Waals surface area contributed by atoms with Crippen molar-refractivity contribution in [3.63, 3.8) is 0 Å². The third-order valence-electron chi connectivity index (χ3n) is 4.41. The second-order valence-corrected chi connectivity index (χ2v) is 6.44. The number of nitrogens with two attached hydrogens (primary N) is 1. The molecule has 0 spiro atoms. The summed E-state index contributed by atoms with van der Waals surface area (Å²) in [7, 11) is 0. The number of nitrogens with one attached hydrogen (secondary N) is 1. The van der Waals surface area contributed by atoms with Crippen LogP contribution in [-0.2, 0) is 0 Å². The molecule has 7 heteroatoms. The van der Waals surface area contributed by atoms with E-state index < -0.39 is 0 Å². The van der Waals surface area contributed by atoms with E-state index in [0.717, 1.165) is 41.7 Å². The van der Waals surface area contributed by atoms with Gasteiger partial charge in [-0.2, -0.15) is 0 Å². The Kier molecular flexibility index (Phi) is 3.97. The number of piperazine rings is 1. The number of benzene rings is 2. The lowest BCUT2D eigenvalue weighted by Gasteiger charge is -2.36. The molecule has 0 radical (unpaired) electrons. The zero-order valence-electron chi connectivity index (χ0n) is 13.6. The summed E-state index contributed by atoms with van der Waals surface area (Å²) in [4.78, 5) is 8.92. The monoisotopic (exact) mass is 355 g/mol. The van der Waals surface area contributed by atoms with Crippen LogP contribution in [-0.4, -0.2) is 47.8 Å². The van der Waals surface area contributed by atoms with E-state index in [4.69, 9.17) is 32.5 Å². The standard InChI is InChI=1S/C18H18ClN5O/c19-12-5-6-15-13(11-12)17(22-14-3-1-2-4-16(14)25-15)23-7-9-24(10-8-23)18(20)21/h1-6,11H,7-10H2,(H3,20,21). The van der Waals surface area contributed by atoms with Crippen LogP contribution in [0, 0.1) is 5.41 Å². The zero-order chi connectivity index (χ0) is 17.4. The number of para-hydroxylation sites is 2. The van der Waals surface area contributed by atoms with Crippen molar-refractivity contribution in [2.45, 2.75) is 0 Å². The Morgan fingerprint density at radius 1 is 1.08 bits per heavy atom. The molecule has 6 nitrogen and oxygen atoms in total. The minimum Gasteiger partial charge on any atom is -0.454 e. The van der Waals surface area contributed by atoms with Crippen LogP contribution in [0.5, 0.6) is 11.5 Å². The van der Waals surface area contributed by atoms with E-state index in [1.807, 2.05) is 47.4 Å². The van der Waals surface area contributed by atoms with Gasteiger partial charge in [0, 0.05) is 31.2 Å². The number of aliphatic imine (C=N–C) groups is 1. The Morgan fingerprint density at radius 2 is 1.84 bits per heavy atom. The number of amidine groups is 1. The van der Waals surface area contributed by atoms with Crippen molar-refractivity contribution >= 4 is 29.1 Å². The number of fused-ring (bicyclic) bond motifs is 2. The van der Waals surface area contributed by atoms with Gasteiger partial charge in [0.05, 0.1) is 5.56 Å². The van der Waals surface area contributed by atoms with Gasteiger partial charge in [-0.3, -0.25) is 5.41 Å². The van der Waals surface area contributed by atoms with Crippen LogP contribution in [0.4, 0.5) is 5.69 Å². The van der Waals surface area contributed by atoms with Crippen LogP contribution in [0.2, 0.25) is 5.02 Å². The summed E-state index contributed by atoms with van der Waals surface area (Å²) < 4.78 is 6.07. The van der Waals surface area contributed by atoms with Crippen molar-refractivity contribution in [2.24, 2.45) is 10.7 Å². The fourth-order valence-electron chi connectivity index (χ4n) is 3.09. The van der Waals surface area contributed by atoms with Gasteiger partial charge in [0.1, 0.15) is 17.3 Å². The van der Waals surface area contributed by atoms with Crippen LogP contribution in [0.15, 0.2) is 47.5 Å². The predicted octanol–water partition coefficient (Wildman–Crippen LogP) is 3.04. The van der Waals surface area contributed by atoms with Gasteiger partial charge in [-0.15, -0.1) is 0 Å². The summed E-state index contributed by atoms with van der Waals surface area (Å²) in [6.07, 6.45) is 0. The highest BCUT2D eigenvalue weighted by molar-refractivity contribution is 6.31. The first-order valence-electron chi connectivity index (χ1n) is 8.11. The Balaban J connectivity index is 1.76. The number of nitrogens with zero attached hydrogens (tertiary/aromatic N) is 3. The highest BCUT2D eigenvalue weighted by Crippen LogP contribution is 2.38. The molecule has 0 aliphatic carbocycles. The molecule has 3 N–H and O–H groups in total. The van der Waals surface area contributed by atoms with Gasteiger partial charge in [0.15, 0.2) is 11.7 Å². The van der Waals surface area contributed by atoms with Crippen molar-refractivity contribution < 1.29 is 4.74 Å². The van der Waals surface area contributed by atoms with Crippen molar-refractivity contribution in [3.05, 3.63) is 53.1 Å². The Morgan fingerprint density at radius 3 is 2.60 bits per heavy atom. The predicted molar refractivity (Wildman–Crippen MR) is 99.2 cm³/mol. The van der Waals surface area contributed by atoms with Gasteiger partial charge >= 0.3 is 0 Å². The number of ether oxygens (including phenoxy) is 1. The van der Waals surface area contributed by atoms with E-state index >= 15 is 0 Å². The van der Waals surface area contributed by atoms with Crippen LogP contribution in [0.3, 0.4) is 0 Å². The fraction of sp³-hybridized carbons (Fsp3) is 0.222. The summed E-state index contributed by atoms with van der Waals surface area (Å²) in [5.41, 5.74) is 7.26. The number of hydrogen-bond donors (Lipinski definition) is 2. The van der Waals surface area contributed by atoms with Gasteiger partial charge in [0.2, 0.25) is 0 Å². The van der Waals surface area contributed by atoms with E-state index in [1.54, 1.807) is 0 Å². The second kappa shape index (κ2) is 6.29. The summed E-state index contributed by atoms with van der Waals surface area (Å²) in [5, 5.41) is 8.24. The molecule has 1 saturated heterocycles. The molecular weight excluding hydrogens is 338 g/mol. The van der Waals surface area contributed by atoms with Crippen LogP contribution < -0.4 is 10.5 Å². The normalized spacial score (nSPS) is 16.3.